The van der Waals surface area contributed by atoms with Gasteiger partial charge in [-0.25, -0.2) is 0 Å². The summed E-state index contributed by atoms with van der Waals surface area (Å²) in [6, 6.07) is 0.0890. The maximum absolute atomic E-state index is 11.7. The smallest absolute Gasteiger partial charge is 0.220 e. The number of nitrogens with two attached hydrogens (primary N) is 1. The van der Waals surface area contributed by atoms with E-state index in [0.717, 1.165) is 32.4 Å². The van der Waals surface area contributed by atoms with Crippen molar-refractivity contribution in [3.05, 3.63) is 0 Å². The quantitative estimate of drug-likeness (QED) is 0.804. The van der Waals surface area contributed by atoms with Gasteiger partial charge in [0.25, 0.3) is 0 Å². The minimum absolute atomic E-state index is 0.0890. The predicted octanol–water partition coefficient (Wildman–Crippen LogP) is 2.07. The molecule has 0 spiro atoms. The van der Waals surface area contributed by atoms with Crippen molar-refractivity contribution in [3.63, 3.8) is 0 Å². The average Bonchev–Trinajstić information content (AvgIpc) is 2.33. The van der Waals surface area contributed by atoms with Gasteiger partial charge < -0.3 is 15.8 Å². The summed E-state index contributed by atoms with van der Waals surface area (Å²) in [5, 5.41) is 3.04. The molecule has 1 saturated heterocycles. The monoisotopic (exact) mass is 270 g/mol. The number of rotatable bonds is 5. The highest BCUT2D eigenvalue weighted by atomic mass is 16.5. The summed E-state index contributed by atoms with van der Waals surface area (Å²) in [4.78, 5) is 11.7. The Balaban J connectivity index is 2.39. The predicted molar refractivity (Wildman–Crippen MR) is 77.8 cm³/mol. The lowest BCUT2D eigenvalue weighted by molar-refractivity contribution is -0.123. The lowest BCUT2D eigenvalue weighted by atomic mass is 9.78. The lowest BCUT2D eigenvalue weighted by Crippen LogP contribution is -2.45. The first-order valence-corrected chi connectivity index (χ1v) is 7.44. The Kier molecular flexibility index (Phi) is 6.27. The number of hydrogen-bond acceptors (Lipinski definition) is 3. The summed E-state index contributed by atoms with van der Waals surface area (Å²) < 4.78 is 5.91. The highest BCUT2D eigenvalue weighted by molar-refractivity contribution is 5.75. The van der Waals surface area contributed by atoms with Crippen molar-refractivity contribution in [1.82, 2.24) is 5.32 Å². The Morgan fingerprint density at radius 3 is 2.74 bits per heavy atom. The van der Waals surface area contributed by atoms with E-state index in [0.29, 0.717) is 12.3 Å². The van der Waals surface area contributed by atoms with E-state index < -0.39 is 0 Å². The van der Waals surface area contributed by atoms with Crippen LogP contribution < -0.4 is 11.1 Å². The van der Waals surface area contributed by atoms with Gasteiger partial charge in [0.15, 0.2) is 0 Å². The molecule has 3 N–H and O–H groups in total. The minimum Gasteiger partial charge on any atom is -0.377 e. The van der Waals surface area contributed by atoms with Gasteiger partial charge in [-0.05, 0) is 31.6 Å². The Bertz CT molecular complexity index is 284. The molecule has 0 bridgehead atoms. The summed E-state index contributed by atoms with van der Waals surface area (Å²) >= 11 is 0. The highest BCUT2D eigenvalue weighted by Gasteiger charge is 2.35. The molecule has 1 aliphatic rings. The van der Waals surface area contributed by atoms with Crippen molar-refractivity contribution in [3.8, 4) is 0 Å². The molecule has 0 aromatic heterocycles. The maximum Gasteiger partial charge on any atom is 0.220 e. The fraction of sp³-hybridized carbons (Fsp3) is 0.933. The van der Waals surface area contributed by atoms with Gasteiger partial charge in [0.1, 0.15) is 0 Å². The highest BCUT2D eigenvalue weighted by Crippen LogP contribution is 2.33. The topological polar surface area (TPSA) is 64.4 Å². The van der Waals surface area contributed by atoms with Crippen molar-refractivity contribution in [1.29, 1.82) is 0 Å². The molecule has 1 aliphatic heterocycles. The third-order valence-electron chi connectivity index (χ3n) is 3.69. The number of nitrogens with one attached hydrogen (secondary N) is 1. The second kappa shape index (κ2) is 7.25. The molecule has 1 fully saturated rings. The zero-order chi connectivity index (χ0) is 14.5. The molecule has 0 saturated carbocycles. The number of hydrogen-bond donors (Lipinski definition) is 2. The van der Waals surface area contributed by atoms with Crippen LogP contribution in [0.3, 0.4) is 0 Å². The fourth-order valence-electron chi connectivity index (χ4n) is 2.70. The Morgan fingerprint density at radius 1 is 1.47 bits per heavy atom. The van der Waals surface area contributed by atoms with Crippen LogP contribution in [0.2, 0.25) is 0 Å². The Morgan fingerprint density at radius 2 is 2.16 bits per heavy atom. The Labute approximate surface area is 117 Å². The minimum atomic E-state index is 0.0890. The van der Waals surface area contributed by atoms with Gasteiger partial charge in [0.05, 0.1) is 6.10 Å². The van der Waals surface area contributed by atoms with E-state index in [2.05, 4.69) is 26.1 Å². The second-order valence-corrected chi connectivity index (χ2v) is 6.88. The molecular weight excluding hydrogens is 240 g/mol. The van der Waals surface area contributed by atoms with Crippen LogP contribution in [-0.4, -0.2) is 31.2 Å². The molecule has 3 atom stereocenters. The van der Waals surface area contributed by atoms with Crippen molar-refractivity contribution in [2.45, 2.75) is 65.5 Å². The normalized spacial score (nSPS) is 25.9. The van der Waals surface area contributed by atoms with Crippen molar-refractivity contribution in [2.75, 3.05) is 13.2 Å². The van der Waals surface area contributed by atoms with E-state index in [-0.39, 0.29) is 23.5 Å². The molecule has 4 heteroatoms. The first-order chi connectivity index (χ1) is 8.80. The maximum atomic E-state index is 11.7. The van der Waals surface area contributed by atoms with Crippen LogP contribution in [-0.2, 0) is 9.53 Å². The number of carbonyl (C=O) groups excluding carboxylic acids is 1. The van der Waals surface area contributed by atoms with Gasteiger partial charge in [-0.1, -0.05) is 20.8 Å². The molecular formula is C15H30N2O2. The largest absolute Gasteiger partial charge is 0.377 e. The van der Waals surface area contributed by atoms with Crippen molar-refractivity contribution >= 4 is 5.91 Å². The summed E-state index contributed by atoms with van der Waals surface area (Å²) in [5.41, 5.74) is 5.79. The standard InChI is InChI=1S/C15H30N2O2/c1-11(16)7-8-13(18)17-10-12-6-5-9-19-14(12)15(2,3)4/h11-12,14H,5-10,16H2,1-4H3,(H,17,18). The van der Waals surface area contributed by atoms with Crippen molar-refractivity contribution < 1.29 is 9.53 Å². The van der Waals surface area contributed by atoms with Gasteiger partial charge in [0.2, 0.25) is 5.91 Å². The molecule has 1 heterocycles. The Hall–Kier alpha value is -0.610. The van der Waals surface area contributed by atoms with E-state index in [4.69, 9.17) is 10.5 Å². The second-order valence-electron chi connectivity index (χ2n) is 6.88. The molecule has 0 aliphatic carbocycles. The number of carbonyl (C=O) groups is 1. The number of ether oxygens (including phenoxy) is 1. The third-order valence-corrected chi connectivity index (χ3v) is 3.69. The molecule has 0 aromatic rings. The van der Waals surface area contributed by atoms with Crippen LogP contribution in [0.4, 0.5) is 0 Å². The molecule has 0 aromatic carbocycles. The molecule has 1 amide bonds. The molecule has 1 rings (SSSR count). The van der Waals surface area contributed by atoms with Gasteiger partial charge in [0, 0.05) is 31.5 Å². The van der Waals surface area contributed by atoms with Crippen LogP contribution in [0.15, 0.2) is 0 Å². The molecule has 4 nitrogen and oxygen atoms in total. The summed E-state index contributed by atoms with van der Waals surface area (Å²) in [6.07, 6.45) is 3.72. The average molecular weight is 270 g/mol. The molecule has 0 radical (unpaired) electrons. The van der Waals surface area contributed by atoms with E-state index in [1.165, 1.54) is 0 Å². The zero-order valence-corrected chi connectivity index (χ0v) is 12.9. The van der Waals surface area contributed by atoms with Crippen LogP contribution in [0.25, 0.3) is 0 Å². The SMILES string of the molecule is CC(N)CCC(=O)NCC1CCCOC1C(C)(C)C. The van der Waals surface area contributed by atoms with Crippen molar-refractivity contribution in [2.24, 2.45) is 17.1 Å². The summed E-state index contributed by atoms with van der Waals surface area (Å²) in [5.74, 6) is 0.531. The first kappa shape index (κ1) is 16.4. The van der Waals surface area contributed by atoms with E-state index >= 15 is 0 Å². The summed E-state index contributed by atoms with van der Waals surface area (Å²) in [6.45, 7) is 10.1. The van der Waals surface area contributed by atoms with Crippen LogP contribution in [0.5, 0.6) is 0 Å². The lowest BCUT2D eigenvalue weighted by Gasteiger charge is -2.40. The summed E-state index contributed by atoms with van der Waals surface area (Å²) in [7, 11) is 0. The van der Waals surface area contributed by atoms with E-state index in [9.17, 15) is 4.79 Å². The third kappa shape index (κ3) is 5.91. The molecule has 3 unspecified atom stereocenters. The van der Waals surface area contributed by atoms with Crippen LogP contribution >= 0.6 is 0 Å². The first-order valence-electron chi connectivity index (χ1n) is 7.44. The van der Waals surface area contributed by atoms with Crippen LogP contribution in [0, 0.1) is 11.3 Å². The zero-order valence-electron chi connectivity index (χ0n) is 12.9. The molecule has 112 valence electrons. The molecule has 19 heavy (non-hydrogen) atoms. The van der Waals surface area contributed by atoms with Crippen LogP contribution in [0.1, 0.15) is 53.4 Å². The van der Waals surface area contributed by atoms with Gasteiger partial charge in [-0.2, -0.15) is 0 Å². The van der Waals surface area contributed by atoms with Gasteiger partial charge in [-0.15, -0.1) is 0 Å². The van der Waals surface area contributed by atoms with Gasteiger partial charge >= 0.3 is 0 Å². The number of amides is 1. The van der Waals surface area contributed by atoms with E-state index in [1.807, 2.05) is 6.92 Å². The fourth-order valence-corrected chi connectivity index (χ4v) is 2.70. The van der Waals surface area contributed by atoms with E-state index in [1.54, 1.807) is 0 Å². The van der Waals surface area contributed by atoms with Gasteiger partial charge in [-0.3, -0.25) is 4.79 Å².